The van der Waals surface area contributed by atoms with E-state index in [1.165, 1.54) is 74.8 Å². The lowest BCUT2D eigenvalue weighted by Crippen LogP contribution is -2.43. The quantitative estimate of drug-likeness (QED) is 0.333. The van der Waals surface area contributed by atoms with Crippen LogP contribution in [0.4, 0.5) is 0 Å². The first-order valence-corrected chi connectivity index (χ1v) is 15.7. The lowest BCUT2D eigenvalue weighted by Gasteiger charge is -2.37. The molecule has 2 saturated carbocycles. The van der Waals surface area contributed by atoms with E-state index in [2.05, 4.69) is 113 Å². The molecular formula is C36H48N4. The number of likely N-dealkylation sites (tertiary alicyclic amines) is 1. The van der Waals surface area contributed by atoms with E-state index in [0.29, 0.717) is 11.6 Å². The summed E-state index contributed by atoms with van der Waals surface area (Å²) in [6, 6.07) is 33.6. The predicted octanol–water partition coefficient (Wildman–Crippen LogP) is 6.39. The fraction of sp³-hybridized carbons (Fsp3) is 0.500. The zero-order valence-electron chi connectivity index (χ0n) is 24.3. The van der Waals surface area contributed by atoms with Crippen LogP contribution < -0.4 is 11.1 Å². The van der Waals surface area contributed by atoms with Crippen LogP contribution in [0.1, 0.15) is 68.2 Å². The van der Waals surface area contributed by atoms with Crippen LogP contribution in [0.2, 0.25) is 0 Å². The summed E-state index contributed by atoms with van der Waals surface area (Å²) in [6.07, 6.45) is 7.82. The van der Waals surface area contributed by atoms with Gasteiger partial charge in [-0.2, -0.15) is 0 Å². The summed E-state index contributed by atoms with van der Waals surface area (Å²) < 4.78 is 0. The molecule has 4 heteroatoms. The first kappa shape index (κ1) is 27.7. The molecule has 2 aliphatic heterocycles. The normalized spacial score (nSPS) is 25.3. The van der Waals surface area contributed by atoms with Crippen molar-refractivity contribution < 1.29 is 0 Å². The molecule has 2 heterocycles. The van der Waals surface area contributed by atoms with Crippen molar-refractivity contribution >= 4 is 0 Å². The third kappa shape index (κ3) is 6.36. The third-order valence-corrected chi connectivity index (χ3v) is 10.3. The molecule has 0 radical (unpaired) electrons. The van der Waals surface area contributed by atoms with Crippen LogP contribution in [-0.4, -0.2) is 47.1 Å². The molecule has 212 valence electrons. The van der Waals surface area contributed by atoms with Crippen LogP contribution in [0.25, 0.3) is 0 Å². The van der Waals surface area contributed by atoms with Gasteiger partial charge in [0.15, 0.2) is 0 Å². The largest absolute Gasteiger partial charge is 0.325 e. The van der Waals surface area contributed by atoms with E-state index in [1.807, 2.05) is 0 Å². The topological polar surface area (TPSA) is 44.5 Å². The first-order valence-electron chi connectivity index (χ1n) is 15.7. The van der Waals surface area contributed by atoms with Crippen LogP contribution in [-0.2, 0) is 13.1 Å². The van der Waals surface area contributed by atoms with Gasteiger partial charge in [0, 0.05) is 36.8 Å². The molecule has 0 aromatic heterocycles. The second-order valence-electron chi connectivity index (χ2n) is 12.9. The minimum absolute atomic E-state index is 0.267. The smallest absolute Gasteiger partial charge is 0.0320 e. The van der Waals surface area contributed by atoms with Gasteiger partial charge in [0.2, 0.25) is 0 Å². The average molecular weight is 537 g/mol. The summed E-state index contributed by atoms with van der Waals surface area (Å²) in [4.78, 5) is 5.52. The number of nitrogens with two attached hydrogens (primary N) is 1. The fourth-order valence-electron chi connectivity index (χ4n) is 7.31. The molecule has 0 bridgehead atoms. The molecule has 4 fully saturated rings. The number of hydrogen-bond acceptors (Lipinski definition) is 4. The van der Waals surface area contributed by atoms with Gasteiger partial charge in [-0.05, 0) is 93.6 Å². The van der Waals surface area contributed by atoms with Gasteiger partial charge < -0.3 is 11.1 Å². The highest BCUT2D eigenvalue weighted by Gasteiger charge is 2.55. The summed E-state index contributed by atoms with van der Waals surface area (Å²) in [5.74, 6) is 1.54. The molecule has 7 rings (SSSR count). The number of hydrogen-bond donors (Lipinski definition) is 2. The lowest BCUT2D eigenvalue weighted by atomic mass is 9.93. The zero-order valence-corrected chi connectivity index (χ0v) is 24.3. The predicted molar refractivity (Wildman–Crippen MR) is 166 cm³/mol. The van der Waals surface area contributed by atoms with Crippen molar-refractivity contribution in [3.05, 3.63) is 108 Å². The van der Waals surface area contributed by atoms with E-state index in [1.54, 1.807) is 0 Å². The van der Waals surface area contributed by atoms with Crippen LogP contribution in [0, 0.1) is 11.8 Å². The van der Waals surface area contributed by atoms with Crippen LogP contribution in [0.15, 0.2) is 91.0 Å². The van der Waals surface area contributed by atoms with E-state index in [0.717, 1.165) is 31.5 Å². The van der Waals surface area contributed by atoms with Gasteiger partial charge in [0.1, 0.15) is 0 Å². The Bertz CT molecular complexity index is 1140. The minimum Gasteiger partial charge on any atom is -0.325 e. The molecule has 0 amide bonds. The lowest BCUT2D eigenvalue weighted by molar-refractivity contribution is 0.100. The molecule has 4 aliphatic rings. The maximum absolute atomic E-state index is 6.01. The van der Waals surface area contributed by atoms with Crippen molar-refractivity contribution in [1.82, 2.24) is 15.1 Å². The van der Waals surface area contributed by atoms with E-state index in [-0.39, 0.29) is 5.54 Å². The molecule has 3 aromatic carbocycles. The van der Waals surface area contributed by atoms with Gasteiger partial charge in [-0.15, -0.1) is 0 Å². The summed E-state index contributed by atoms with van der Waals surface area (Å²) in [6.45, 7) is 9.24. The Labute approximate surface area is 242 Å². The summed E-state index contributed by atoms with van der Waals surface area (Å²) in [5.41, 5.74) is 10.9. The van der Waals surface area contributed by atoms with Crippen molar-refractivity contribution in [2.75, 3.05) is 26.2 Å². The highest BCUT2D eigenvalue weighted by molar-refractivity contribution is 5.22. The highest BCUT2D eigenvalue weighted by Crippen LogP contribution is 2.52. The van der Waals surface area contributed by atoms with E-state index < -0.39 is 0 Å². The second kappa shape index (κ2) is 12.2. The molecule has 3 N–H and O–H groups in total. The maximum Gasteiger partial charge on any atom is 0.0320 e. The van der Waals surface area contributed by atoms with Crippen molar-refractivity contribution in [3.8, 4) is 0 Å². The summed E-state index contributed by atoms with van der Waals surface area (Å²) in [5, 5.41) is 3.34. The van der Waals surface area contributed by atoms with Gasteiger partial charge in [-0.25, -0.2) is 0 Å². The van der Waals surface area contributed by atoms with Crippen LogP contribution in [0.3, 0.4) is 0 Å². The van der Waals surface area contributed by atoms with Crippen molar-refractivity contribution in [3.63, 3.8) is 0 Å². The second-order valence-corrected chi connectivity index (χ2v) is 12.9. The summed E-state index contributed by atoms with van der Waals surface area (Å²) >= 11 is 0. The molecule has 0 unspecified atom stereocenters. The molecule has 2 saturated heterocycles. The molecule has 3 atom stereocenters. The minimum atomic E-state index is 0.267. The number of benzene rings is 3. The van der Waals surface area contributed by atoms with Crippen LogP contribution >= 0.6 is 0 Å². The van der Waals surface area contributed by atoms with Gasteiger partial charge >= 0.3 is 0 Å². The molecule has 40 heavy (non-hydrogen) atoms. The van der Waals surface area contributed by atoms with E-state index in [9.17, 15) is 0 Å². The molecule has 2 aliphatic carbocycles. The Balaban J connectivity index is 0.000000271. The molecular weight excluding hydrogens is 488 g/mol. The monoisotopic (exact) mass is 536 g/mol. The molecule has 3 aromatic rings. The molecule has 4 nitrogen and oxygen atoms in total. The van der Waals surface area contributed by atoms with Crippen molar-refractivity contribution in [2.24, 2.45) is 17.6 Å². The number of rotatable bonds is 9. The first-order chi connectivity index (χ1) is 19.6. The van der Waals surface area contributed by atoms with Gasteiger partial charge in [-0.3, -0.25) is 9.80 Å². The Kier molecular flexibility index (Phi) is 8.41. The maximum atomic E-state index is 6.01. The number of nitrogens with zero attached hydrogens (tertiary/aromatic N) is 2. The Hall–Kier alpha value is -2.50. The van der Waals surface area contributed by atoms with E-state index in [4.69, 9.17) is 5.73 Å². The van der Waals surface area contributed by atoms with E-state index >= 15 is 0 Å². The summed E-state index contributed by atoms with van der Waals surface area (Å²) in [7, 11) is 0. The zero-order chi connectivity index (χ0) is 27.4. The standard InChI is InChI=1S/C29H34N2.C7H14N2/c1-24(27-15-9-4-10-16-27)30-20-17-28(23-30)29(18-19-29)31(21-25-11-5-2-6-12-25)22-26-13-7-3-8-14-26;8-7(2-3-7)6-1-4-9-5-6/h2-16,24,28H,17-23H2,1H3;6,9H,1-5,8H2/t24-,28+;6-/m01/s1. The number of nitrogens with one attached hydrogen (secondary N) is 1. The SMILES string of the molecule is C[C@@H](c1ccccc1)N1CC[C@@H](C2(N(Cc3ccccc3)Cc3ccccc3)CC2)C1.NC1([C@@H]2CCNC2)CC1. The third-order valence-electron chi connectivity index (χ3n) is 10.3. The van der Waals surface area contributed by atoms with Gasteiger partial charge in [0.05, 0.1) is 0 Å². The van der Waals surface area contributed by atoms with Crippen molar-refractivity contribution in [1.29, 1.82) is 0 Å². The highest BCUT2D eigenvalue weighted by atomic mass is 15.3. The van der Waals surface area contributed by atoms with Crippen LogP contribution in [0.5, 0.6) is 0 Å². The Morgan fingerprint density at radius 2 is 1.38 bits per heavy atom. The Morgan fingerprint density at radius 1 is 0.800 bits per heavy atom. The van der Waals surface area contributed by atoms with Crippen molar-refractivity contribution in [2.45, 2.75) is 75.7 Å². The Morgan fingerprint density at radius 3 is 1.88 bits per heavy atom. The molecule has 0 spiro atoms. The average Bonchev–Trinajstić information content (AvgIpc) is 3.81. The van der Waals surface area contributed by atoms with Gasteiger partial charge in [-0.1, -0.05) is 91.0 Å². The fourth-order valence-corrected chi connectivity index (χ4v) is 7.31. The van der Waals surface area contributed by atoms with Gasteiger partial charge in [0.25, 0.3) is 0 Å².